The minimum Gasteiger partial charge on any atom is -0.324 e. The maximum absolute atomic E-state index is 6.43. The number of nitrogens with zero attached hydrogens (tertiary/aromatic N) is 1. The predicted octanol–water partition coefficient (Wildman–Crippen LogP) is 4.14. The zero-order valence-corrected chi connectivity index (χ0v) is 13.8. The highest BCUT2D eigenvalue weighted by molar-refractivity contribution is 7.11. The first-order chi connectivity index (χ1) is 10.2. The second kappa shape index (κ2) is 6.29. The van der Waals surface area contributed by atoms with Crippen molar-refractivity contribution in [3.05, 3.63) is 50.5 Å². The SMILES string of the molecule is CCc1nc(CC(N)c2ccc3c(c2)CCCC3)sc1C. The van der Waals surface area contributed by atoms with Crippen molar-refractivity contribution in [3.63, 3.8) is 0 Å². The van der Waals surface area contributed by atoms with E-state index < -0.39 is 0 Å². The molecule has 0 fully saturated rings. The maximum Gasteiger partial charge on any atom is 0.0949 e. The number of aromatic nitrogens is 1. The van der Waals surface area contributed by atoms with Crippen LogP contribution in [0.15, 0.2) is 18.2 Å². The van der Waals surface area contributed by atoms with Crippen LogP contribution in [-0.2, 0) is 25.7 Å². The van der Waals surface area contributed by atoms with E-state index in [1.54, 1.807) is 11.3 Å². The molecular weight excluding hydrogens is 276 g/mol. The molecule has 0 saturated heterocycles. The van der Waals surface area contributed by atoms with E-state index in [-0.39, 0.29) is 6.04 Å². The number of thiazole rings is 1. The molecule has 1 heterocycles. The zero-order valence-electron chi connectivity index (χ0n) is 13.0. The van der Waals surface area contributed by atoms with Crippen LogP contribution in [-0.4, -0.2) is 4.98 Å². The first-order valence-corrected chi connectivity index (χ1v) is 8.81. The summed E-state index contributed by atoms with van der Waals surface area (Å²) in [6, 6.07) is 6.90. The summed E-state index contributed by atoms with van der Waals surface area (Å²) in [6.07, 6.45) is 6.96. The Labute approximate surface area is 131 Å². The van der Waals surface area contributed by atoms with Crippen molar-refractivity contribution in [2.45, 2.75) is 58.4 Å². The van der Waals surface area contributed by atoms with E-state index in [4.69, 9.17) is 10.7 Å². The molecule has 0 amide bonds. The normalized spacial score (nSPS) is 15.8. The van der Waals surface area contributed by atoms with Gasteiger partial charge in [-0.05, 0) is 55.7 Å². The van der Waals surface area contributed by atoms with Gasteiger partial charge < -0.3 is 5.73 Å². The van der Waals surface area contributed by atoms with Gasteiger partial charge in [-0.15, -0.1) is 11.3 Å². The molecule has 2 aromatic rings. The molecule has 3 heteroatoms. The average molecular weight is 300 g/mol. The van der Waals surface area contributed by atoms with Crippen LogP contribution in [0, 0.1) is 6.92 Å². The van der Waals surface area contributed by atoms with Gasteiger partial charge in [0.15, 0.2) is 0 Å². The summed E-state index contributed by atoms with van der Waals surface area (Å²) >= 11 is 1.80. The van der Waals surface area contributed by atoms with Crippen molar-refractivity contribution in [2.75, 3.05) is 0 Å². The second-order valence-electron chi connectivity index (χ2n) is 6.01. The molecule has 0 spiro atoms. The molecule has 1 aliphatic carbocycles. The molecule has 0 saturated carbocycles. The lowest BCUT2D eigenvalue weighted by atomic mass is 9.89. The monoisotopic (exact) mass is 300 g/mol. The van der Waals surface area contributed by atoms with Crippen LogP contribution in [0.2, 0.25) is 0 Å². The van der Waals surface area contributed by atoms with Crippen molar-refractivity contribution in [2.24, 2.45) is 5.73 Å². The Morgan fingerprint density at radius 2 is 2.00 bits per heavy atom. The Morgan fingerprint density at radius 3 is 2.71 bits per heavy atom. The van der Waals surface area contributed by atoms with E-state index in [0.29, 0.717) is 0 Å². The van der Waals surface area contributed by atoms with E-state index >= 15 is 0 Å². The van der Waals surface area contributed by atoms with Crippen LogP contribution < -0.4 is 5.73 Å². The number of fused-ring (bicyclic) bond motifs is 1. The van der Waals surface area contributed by atoms with E-state index in [1.807, 2.05) is 0 Å². The second-order valence-corrected chi connectivity index (χ2v) is 7.30. The van der Waals surface area contributed by atoms with Crippen LogP contribution in [0.3, 0.4) is 0 Å². The molecule has 112 valence electrons. The van der Waals surface area contributed by atoms with Gasteiger partial charge in [-0.25, -0.2) is 4.98 Å². The largest absolute Gasteiger partial charge is 0.324 e. The number of benzene rings is 1. The van der Waals surface area contributed by atoms with Gasteiger partial charge in [-0.2, -0.15) is 0 Å². The summed E-state index contributed by atoms with van der Waals surface area (Å²) in [4.78, 5) is 6.06. The van der Waals surface area contributed by atoms with Crippen LogP contribution in [0.5, 0.6) is 0 Å². The molecular formula is C18H24N2S. The summed E-state index contributed by atoms with van der Waals surface area (Å²) in [7, 11) is 0. The minimum atomic E-state index is 0.0625. The summed E-state index contributed by atoms with van der Waals surface area (Å²) in [5.74, 6) is 0. The van der Waals surface area contributed by atoms with Crippen LogP contribution in [0.25, 0.3) is 0 Å². The third kappa shape index (κ3) is 3.19. The number of nitrogens with two attached hydrogens (primary N) is 1. The fourth-order valence-corrected chi connectivity index (χ4v) is 4.27. The molecule has 2 N–H and O–H groups in total. The molecule has 3 rings (SSSR count). The van der Waals surface area contributed by atoms with Crippen molar-refractivity contribution < 1.29 is 0 Å². The quantitative estimate of drug-likeness (QED) is 0.922. The van der Waals surface area contributed by atoms with Gasteiger partial charge >= 0.3 is 0 Å². The van der Waals surface area contributed by atoms with Crippen LogP contribution in [0.1, 0.15) is 58.1 Å². The lowest BCUT2D eigenvalue weighted by molar-refractivity contribution is 0.674. The van der Waals surface area contributed by atoms with Gasteiger partial charge in [0.2, 0.25) is 0 Å². The lowest BCUT2D eigenvalue weighted by Gasteiger charge is -2.18. The first kappa shape index (κ1) is 14.7. The van der Waals surface area contributed by atoms with E-state index in [0.717, 1.165) is 12.8 Å². The van der Waals surface area contributed by atoms with E-state index in [1.165, 1.54) is 58.0 Å². The molecule has 1 unspecified atom stereocenters. The van der Waals surface area contributed by atoms with Gasteiger partial charge in [0.05, 0.1) is 10.7 Å². The Morgan fingerprint density at radius 1 is 1.24 bits per heavy atom. The van der Waals surface area contributed by atoms with Crippen molar-refractivity contribution >= 4 is 11.3 Å². The van der Waals surface area contributed by atoms with Crippen molar-refractivity contribution in [3.8, 4) is 0 Å². The van der Waals surface area contributed by atoms with Gasteiger partial charge in [0.1, 0.15) is 0 Å². The molecule has 0 aliphatic heterocycles. The number of aryl methyl sites for hydroxylation is 4. The molecule has 1 atom stereocenters. The average Bonchev–Trinajstić information content (AvgIpc) is 2.86. The third-order valence-corrected chi connectivity index (χ3v) is 5.50. The topological polar surface area (TPSA) is 38.9 Å². The van der Waals surface area contributed by atoms with Gasteiger partial charge in [-0.3, -0.25) is 0 Å². The Kier molecular flexibility index (Phi) is 4.41. The number of rotatable bonds is 4. The number of hydrogen-bond donors (Lipinski definition) is 1. The third-order valence-electron chi connectivity index (χ3n) is 4.47. The standard InChI is InChI=1S/C18H24N2S/c1-3-17-12(2)21-18(20-17)11-16(19)15-9-8-13-6-4-5-7-14(13)10-15/h8-10,16H,3-7,11,19H2,1-2H3. The first-order valence-electron chi connectivity index (χ1n) is 8.00. The Balaban J connectivity index is 1.76. The van der Waals surface area contributed by atoms with Crippen molar-refractivity contribution in [1.82, 2.24) is 4.98 Å². The van der Waals surface area contributed by atoms with Crippen molar-refractivity contribution in [1.29, 1.82) is 0 Å². The van der Waals surface area contributed by atoms with Gasteiger partial charge in [0.25, 0.3) is 0 Å². The minimum absolute atomic E-state index is 0.0625. The van der Waals surface area contributed by atoms with Crippen LogP contribution >= 0.6 is 11.3 Å². The molecule has 0 radical (unpaired) electrons. The molecule has 1 aromatic carbocycles. The Bertz CT molecular complexity index is 630. The summed E-state index contributed by atoms with van der Waals surface area (Å²) in [6.45, 7) is 4.32. The summed E-state index contributed by atoms with van der Waals surface area (Å²) in [5.41, 5.74) is 12.0. The zero-order chi connectivity index (χ0) is 14.8. The fraction of sp³-hybridized carbons (Fsp3) is 0.500. The summed E-state index contributed by atoms with van der Waals surface area (Å²) in [5, 5.41) is 1.18. The van der Waals surface area contributed by atoms with Crippen LogP contribution in [0.4, 0.5) is 0 Å². The van der Waals surface area contributed by atoms with Gasteiger partial charge in [0, 0.05) is 17.3 Å². The van der Waals surface area contributed by atoms with E-state index in [2.05, 4.69) is 32.0 Å². The predicted molar refractivity (Wildman–Crippen MR) is 89.9 cm³/mol. The molecule has 21 heavy (non-hydrogen) atoms. The lowest BCUT2D eigenvalue weighted by Crippen LogP contribution is -2.14. The summed E-state index contributed by atoms with van der Waals surface area (Å²) < 4.78 is 0. The molecule has 0 bridgehead atoms. The molecule has 1 aromatic heterocycles. The maximum atomic E-state index is 6.43. The Hall–Kier alpha value is -1.19. The highest BCUT2D eigenvalue weighted by Crippen LogP contribution is 2.27. The highest BCUT2D eigenvalue weighted by atomic mass is 32.1. The van der Waals surface area contributed by atoms with Gasteiger partial charge in [-0.1, -0.05) is 25.1 Å². The number of hydrogen-bond acceptors (Lipinski definition) is 3. The smallest absolute Gasteiger partial charge is 0.0949 e. The highest BCUT2D eigenvalue weighted by Gasteiger charge is 2.15. The fourth-order valence-electron chi connectivity index (χ4n) is 3.19. The molecule has 2 nitrogen and oxygen atoms in total. The molecule has 1 aliphatic rings. The van der Waals surface area contributed by atoms with E-state index in [9.17, 15) is 0 Å².